The lowest BCUT2D eigenvalue weighted by atomic mass is 10.1. The van der Waals surface area contributed by atoms with Gasteiger partial charge in [0.1, 0.15) is 17.3 Å². The maximum atomic E-state index is 13.6. The monoisotopic (exact) mass is 367 g/mol. The summed E-state index contributed by atoms with van der Waals surface area (Å²) in [7, 11) is -3.34. The zero-order valence-electron chi connectivity index (χ0n) is 14.1. The molecule has 0 saturated heterocycles. The number of sulfone groups is 1. The van der Waals surface area contributed by atoms with E-state index in [0.717, 1.165) is 12.1 Å². The topological polar surface area (TPSA) is 63.2 Å². The molecule has 7 heteroatoms. The van der Waals surface area contributed by atoms with E-state index in [1.807, 2.05) is 0 Å². The minimum atomic E-state index is -3.34. The van der Waals surface area contributed by atoms with E-state index < -0.39 is 37.8 Å². The van der Waals surface area contributed by atoms with Crippen molar-refractivity contribution in [2.24, 2.45) is 0 Å². The first-order valence-electron chi connectivity index (χ1n) is 7.58. The largest absolute Gasteiger partial charge is 0.317 e. The first kappa shape index (κ1) is 19.1. The Bertz CT molecular complexity index is 865. The van der Waals surface area contributed by atoms with E-state index >= 15 is 0 Å². The van der Waals surface area contributed by atoms with Crippen LogP contribution in [0.2, 0.25) is 0 Å². The SMILES string of the molecule is CC(C)(C)S(=O)(=O)Cc1ccc(C(=O)Nc2c(F)cccc2F)cc1. The van der Waals surface area contributed by atoms with E-state index in [2.05, 4.69) is 5.32 Å². The van der Waals surface area contributed by atoms with Gasteiger partial charge < -0.3 is 5.32 Å². The van der Waals surface area contributed by atoms with Crippen molar-refractivity contribution in [1.82, 2.24) is 0 Å². The third-order valence-corrected chi connectivity index (χ3v) is 6.29. The number of benzene rings is 2. The smallest absolute Gasteiger partial charge is 0.255 e. The van der Waals surface area contributed by atoms with Crippen LogP contribution in [-0.2, 0) is 15.6 Å². The molecule has 0 saturated carbocycles. The van der Waals surface area contributed by atoms with Crippen LogP contribution in [0.15, 0.2) is 42.5 Å². The molecule has 0 fully saturated rings. The zero-order valence-corrected chi connectivity index (χ0v) is 15.0. The zero-order chi connectivity index (χ0) is 18.8. The summed E-state index contributed by atoms with van der Waals surface area (Å²) in [6.07, 6.45) is 0. The summed E-state index contributed by atoms with van der Waals surface area (Å²) in [4.78, 5) is 12.1. The average Bonchev–Trinajstić information content (AvgIpc) is 2.50. The Morgan fingerprint density at radius 2 is 1.52 bits per heavy atom. The maximum absolute atomic E-state index is 13.6. The molecule has 4 nitrogen and oxygen atoms in total. The first-order valence-corrected chi connectivity index (χ1v) is 9.23. The molecule has 1 N–H and O–H groups in total. The maximum Gasteiger partial charge on any atom is 0.255 e. The Morgan fingerprint density at radius 3 is 2.00 bits per heavy atom. The fourth-order valence-corrected chi connectivity index (χ4v) is 3.06. The van der Waals surface area contributed by atoms with Crippen molar-refractivity contribution in [1.29, 1.82) is 0 Å². The molecule has 2 aromatic carbocycles. The number of nitrogens with one attached hydrogen (secondary N) is 1. The van der Waals surface area contributed by atoms with Gasteiger partial charge in [-0.1, -0.05) is 18.2 Å². The van der Waals surface area contributed by atoms with Gasteiger partial charge in [-0.25, -0.2) is 17.2 Å². The van der Waals surface area contributed by atoms with Crippen LogP contribution < -0.4 is 5.32 Å². The first-order chi connectivity index (χ1) is 11.5. The molecule has 0 bridgehead atoms. The molecule has 0 aliphatic rings. The summed E-state index contributed by atoms with van der Waals surface area (Å²) in [5.41, 5.74) is 0.176. The summed E-state index contributed by atoms with van der Waals surface area (Å²) in [5.74, 6) is -2.59. The van der Waals surface area contributed by atoms with Crippen molar-refractivity contribution in [3.05, 3.63) is 65.2 Å². The van der Waals surface area contributed by atoms with Gasteiger partial charge in [-0.15, -0.1) is 0 Å². The van der Waals surface area contributed by atoms with Crippen LogP contribution in [0, 0.1) is 11.6 Å². The lowest BCUT2D eigenvalue weighted by Gasteiger charge is -2.19. The van der Waals surface area contributed by atoms with Gasteiger partial charge in [0.15, 0.2) is 9.84 Å². The molecule has 0 unspecified atom stereocenters. The number of carbonyl (C=O) groups is 1. The summed E-state index contributed by atoms with van der Waals surface area (Å²) in [5, 5.41) is 2.18. The van der Waals surface area contributed by atoms with Crippen LogP contribution in [0.25, 0.3) is 0 Å². The molecule has 134 valence electrons. The van der Waals surface area contributed by atoms with Crippen molar-refractivity contribution < 1.29 is 22.0 Å². The predicted octanol–water partition coefficient (Wildman–Crippen LogP) is 3.93. The fraction of sp³-hybridized carbons (Fsp3) is 0.278. The van der Waals surface area contributed by atoms with Crippen LogP contribution in [0.3, 0.4) is 0 Å². The van der Waals surface area contributed by atoms with E-state index in [0.29, 0.717) is 5.56 Å². The minimum absolute atomic E-state index is 0.152. The van der Waals surface area contributed by atoms with Gasteiger partial charge in [0.2, 0.25) is 0 Å². The highest BCUT2D eigenvalue weighted by Crippen LogP contribution is 2.22. The van der Waals surface area contributed by atoms with Crippen molar-refractivity contribution >= 4 is 21.4 Å². The molecule has 25 heavy (non-hydrogen) atoms. The molecule has 2 rings (SSSR count). The highest BCUT2D eigenvalue weighted by Gasteiger charge is 2.29. The van der Waals surface area contributed by atoms with Crippen LogP contribution in [0.4, 0.5) is 14.5 Å². The quantitative estimate of drug-likeness (QED) is 0.891. The van der Waals surface area contributed by atoms with E-state index in [-0.39, 0.29) is 11.3 Å². The molecule has 1 amide bonds. The number of hydrogen-bond donors (Lipinski definition) is 1. The average molecular weight is 367 g/mol. The number of halogens is 2. The Hall–Kier alpha value is -2.28. The van der Waals surface area contributed by atoms with Gasteiger partial charge in [-0.05, 0) is 50.6 Å². The number of carbonyl (C=O) groups excluding carboxylic acids is 1. The molecule has 0 aliphatic heterocycles. The molecule has 0 radical (unpaired) electrons. The Balaban J connectivity index is 2.16. The number of amides is 1. The number of para-hydroxylation sites is 1. The summed E-state index contributed by atoms with van der Waals surface area (Å²) >= 11 is 0. The molecule has 2 aromatic rings. The van der Waals surface area contributed by atoms with Gasteiger partial charge in [0.05, 0.1) is 10.5 Å². The Labute approximate surface area is 145 Å². The molecular formula is C18H19F2NO3S. The van der Waals surface area contributed by atoms with E-state index in [4.69, 9.17) is 0 Å². The van der Waals surface area contributed by atoms with Crippen LogP contribution in [0.5, 0.6) is 0 Å². The van der Waals surface area contributed by atoms with Gasteiger partial charge >= 0.3 is 0 Å². The van der Waals surface area contributed by atoms with Crippen molar-refractivity contribution in [2.75, 3.05) is 5.32 Å². The summed E-state index contributed by atoms with van der Waals surface area (Å²) in [6, 6.07) is 9.14. The second-order valence-corrected chi connectivity index (χ2v) is 9.36. The van der Waals surface area contributed by atoms with Gasteiger partial charge in [0, 0.05) is 5.56 Å². The van der Waals surface area contributed by atoms with Crippen LogP contribution >= 0.6 is 0 Å². The van der Waals surface area contributed by atoms with Crippen molar-refractivity contribution in [3.63, 3.8) is 0 Å². The second kappa shape index (κ2) is 6.92. The van der Waals surface area contributed by atoms with Crippen molar-refractivity contribution in [3.8, 4) is 0 Å². The Kier molecular flexibility index (Phi) is 5.27. The lowest BCUT2D eigenvalue weighted by molar-refractivity contribution is 0.102. The molecule has 0 spiro atoms. The van der Waals surface area contributed by atoms with Gasteiger partial charge in [-0.2, -0.15) is 0 Å². The van der Waals surface area contributed by atoms with E-state index in [1.165, 1.54) is 30.3 Å². The van der Waals surface area contributed by atoms with E-state index in [1.54, 1.807) is 20.8 Å². The summed E-state index contributed by atoms with van der Waals surface area (Å²) in [6.45, 7) is 4.85. The van der Waals surface area contributed by atoms with Crippen molar-refractivity contribution in [2.45, 2.75) is 31.3 Å². The van der Waals surface area contributed by atoms with Crippen LogP contribution in [0.1, 0.15) is 36.7 Å². The minimum Gasteiger partial charge on any atom is -0.317 e. The molecular weight excluding hydrogens is 348 g/mol. The summed E-state index contributed by atoms with van der Waals surface area (Å²) < 4.78 is 50.6. The lowest BCUT2D eigenvalue weighted by Crippen LogP contribution is -2.29. The molecule has 0 atom stereocenters. The van der Waals surface area contributed by atoms with Gasteiger partial charge in [0.25, 0.3) is 5.91 Å². The fourth-order valence-electron chi connectivity index (χ4n) is 1.99. The molecule has 0 aromatic heterocycles. The highest BCUT2D eigenvalue weighted by molar-refractivity contribution is 7.91. The second-order valence-electron chi connectivity index (χ2n) is 6.62. The third-order valence-electron chi connectivity index (χ3n) is 3.71. The normalized spacial score (nSPS) is 12.0. The van der Waals surface area contributed by atoms with Gasteiger partial charge in [-0.3, -0.25) is 4.79 Å². The molecule has 0 aliphatic carbocycles. The number of rotatable bonds is 4. The standard InChI is InChI=1S/C18H19F2NO3S/c1-18(2,3)25(23,24)11-12-7-9-13(10-8-12)17(22)21-16-14(19)5-4-6-15(16)20/h4-10H,11H2,1-3H3,(H,21,22). The number of hydrogen-bond acceptors (Lipinski definition) is 3. The predicted molar refractivity (Wildman–Crippen MR) is 93.1 cm³/mol. The third kappa shape index (κ3) is 4.42. The Morgan fingerprint density at radius 1 is 1.00 bits per heavy atom. The number of anilines is 1. The molecule has 0 heterocycles. The highest BCUT2D eigenvalue weighted by atomic mass is 32.2. The van der Waals surface area contributed by atoms with E-state index in [9.17, 15) is 22.0 Å². The van der Waals surface area contributed by atoms with Crippen LogP contribution in [-0.4, -0.2) is 19.1 Å².